The smallest absolute Gasteiger partial charge is 0.258 e. The zero-order valence-electron chi connectivity index (χ0n) is 9.90. The maximum atomic E-state index is 10.6. The average molecular weight is 229 g/mol. The summed E-state index contributed by atoms with van der Waals surface area (Å²) in [4.78, 5) is 10.2. The molecule has 17 heavy (non-hydrogen) atoms. The van der Waals surface area contributed by atoms with Crippen LogP contribution >= 0.6 is 0 Å². The average Bonchev–Trinajstić information content (AvgIpc) is 2.25. The van der Waals surface area contributed by atoms with Gasteiger partial charge in [-0.3, -0.25) is 10.1 Å². The molecule has 0 N–H and O–H groups in total. The summed E-state index contributed by atoms with van der Waals surface area (Å²) in [5.74, 6) is 0. The Hall–Kier alpha value is -1.90. The van der Waals surface area contributed by atoms with E-state index >= 15 is 0 Å². The highest BCUT2D eigenvalue weighted by Gasteiger charge is 2.18. The number of allylic oxidation sites excluding steroid dienone is 3. The van der Waals surface area contributed by atoms with E-state index in [-0.39, 0.29) is 10.6 Å². The van der Waals surface area contributed by atoms with Crippen molar-refractivity contribution in [1.82, 2.24) is 0 Å². The van der Waals surface area contributed by atoms with Crippen molar-refractivity contribution in [3.63, 3.8) is 0 Å². The molecule has 3 nitrogen and oxygen atoms in total. The molecule has 1 aliphatic rings. The van der Waals surface area contributed by atoms with Gasteiger partial charge in [0.05, 0.1) is 4.92 Å². The molecule has 0 unspecified atom stereocenters. The lowest BCUT2D eigenvalue weighted by molar-refractivity contribution is -0.384. The van der Waals surface area contributed by atoms with E-state index in [0.717, 1.165) is 24.8 Å². The molecule has 1 aromatic rings. The Morgan fingerprint density at radius 1 is 1.35 bits per heavy atom. The number of non-ortho nitro benzene ring substituents is 1. The van der Waals surface area contributed by atoms with Gasteiger partial charge in [-0.25, -0.2) is 0 Å². The fraction of sp³-hybridized carbons (Fsp3) is 0.286. The molecule has 0 aliphatic heterocycles. The number of hydrogen-bond donors (Lipinski definition) is 0. The normalized spacial score (nSPS) is 14.4. The summed E-state index contributed by atoms with van der Waals surface area (Å²) in [6, 6.07) is 6.81. The van der Waals surface area contributed by atoms with Gasteiger partial charge >= 0.3 is 0 Å². The Morgan fingerprint density at radius 2 is 2.00 bits per heavy atom. The minimum absolute atomic E-state index is 0.148. The molecule has 0 fully saturated rings. The summed E-state index contributed by atoms with van der Waals surface area (Å²) in [5.41, 5.74) is 5.18. The van der Waals surface area contributed by atoms with Crippen LogP contribution in [-0.4, -0.2) is 4.92 Å². The molecule has 0 saturated heterocycles. The largest absolute Gasteiger partial charge is 0.269 e. The van der Waals surface area contributed by atoms with Crippen molar-refractivity contribution in [2.75, 3.05) is 0 Å². The molecule has 0 saturated carbocycles. The van der Waals surface area contributed by atoms with Crippen LogP contribution in [0, 0.1) is 10.1 Å². The number of benzene rings is 1. The van der Waals surface area contributed by atoms with Gasteiger partial charge < -0.3 is 0 Å². The van der Waals surface area contributed by atoms with Crippen molar-refractivity contribution >= 4 is 11.3 Å². The lowest BCUT2D eigenvalue weighted by Gasteiger charge is -2.24. The molecule has 2 rings (SSSR count). The predicted octanol–water partition coefficient (Wildman–Crippen LogP) is 4.11. The second kappa shape index (κ2) is 4.53. The monoisotopic (exact) mass is 229 g/mol. The van der Waals surface area contributed by atoms with Gasteiger partial charge in [0.1, 0.15) is 0 Å². The molecular weight excluding hydrogens is 214 g/mol. The van der Waals surface area contributed by atoms with E-state index in [1.807, 2.05) is 19.1 Å². The molecular formula is C14H15NO2. The molecule has 0 radical (unpaired) electrons. The third kappa shape index (κ3) is 2.44. The van der Waals surface area contributed by atoms with Crippen LogP contribution in [0.3, 0.4) is 0 Å². The molecule has 0 amide bonds. The van der Waals surface area contributed by atoms with E-state index in [9.17, 15) is 10.1 Å². The molecule has 0 atom stereocenters. The summed E-state index contributed by atoms with van der Waals surface area (Å²) in [5, 5.41) is 10.6. The van der Waals surface area contributed by atoms with E-state index in [0.29, 0.717) is 0 Å². The first kappa shape index (κ1) is 11.6. The summed E-state index contributed by atoms with van der Waals surface area (Å²) in [6.07, 6.45) is 3.14. The first-order chi connectivity index (χ1) is 8.08. The predicted molar refractivity (Wildman–Crippen MR) is 68.7 cm³/mol. The van der Waals surface area contributed by atoms with Gasteiger partial charge in [-0.15, -0.1) is 0 Å². The fourth-order valence-electron chi connectivity index (χ4n) is 2.12. The SMILES string of the molecule is C=C(C)CC1=C(c2ccc([N+](=O)[O-])cc2)CC1. The standard InChI is InChI=1S/C14H15NO2/c1-10(2)9-12-5-8-14(12)11-3-6-13(7-4-11)15(16)17/h3-4,6-7H,1,5,8-9H2,2H3. The van der Waals surface area contributed by atoms with Crippen LogP contribution in [0.5, 0.6) is 0 Å². The van der Waals surface area contributed by atoms with Gasteiger partial charge in [-0.1, -0.05) is 17.7 Å². The number of rotatable bonds is 4. The van der Waals surface area contributed by atoms with Crippen LogP contribution < -0.4 is 0 Å². The first-order valence-corrected chi connectivity index (χ1v) is 5.68. The number of nitro benzene ring substituents is 1. The Balaban J connectivity index is 2.23. The maximum Gasteiger partial charge on any atom is 0.269 e. The highest BCUT2D eigenvalue weighted by molar-refractivity contribution is 5.74. The van der Waals surface area contributed by atoms with Crippen LogP contribution in [0.4, 0.5) is 5.69 Å². The van der Waals surface area contributed by atoms with E-state index < -0.39 is 0 Å². The molecule has 88 valence electrons. The fourth-order valence-corrected chi connectivity index (χ4v) is 2.12. The van der Waals surface area contributed by atoms with Gasteiger partial charge in [0.2, 0.25) is 0 Å². The van der Waals surface area contributed by atoms with E-state index in [2.05, 4.69) is 6.58 Å². The van der Waals surface area contributed by atoms with Gasteiger partial charge in [-0.05, 0) is 49.5 Å². The van der Waals surface area contributed by atoms with Crippen LogP contribution in [0.15, 0.2) is 42.0 Å². The van der Waals surface area contributed by atoms with Gasteiger partial charge in [-0.2, -0.15) is 0 Å². The molecule has 0 bridgehead atoms. The number of hydrogen-bond acceptors (Lipinski definition) is 2. The maximum absolute atomic E-state index is 10.6. The van der Waals surface area contributed by atoms with Crippen molar-refractivity contribution in [2.24, 2.45) is 0 Å². The molecule has 1 aromatic carbocycles. The lowest BCUT2D eigenvalue weighted by atomic mass is 9.81. The second-order valence-electron chi connectivity index (χ2n) is 4.52. The summed E-state index contributed by atoms with van der Waals surface area (Å²) >= 11 is 0. The quantitative estimate of drug-likeness (QED) is 0.443. The highest BCUT2D eigenvalue weighted by atomic mass is 16.6. The van der Waals surface area contributed by atoms with Gasteiger partial charge in [0.25, 0.3) is 5.69 Å². The highest BCUT2D eigenvalue weighted by Crippen LogP contribution is 2.39. The minimum Gasteiger partial charge on any atom is -0.258 e. The molecule has 0 heterocycles. The van der Waals surface area contributed by atoms with Crippen LogP contribution in [0.1, 0.15) is 31.7 Å². The number of nitro groups is 1. The van der Waals surface area contributed by atoms with E-state index in [1.165, 1.54) is 16.7 Å². The number of nitrogens with zero attached hydrogens (tertiary/aromatic N) is 1. The van der Waals surface area contributed by atoms with Crippen molar-refractivity contribution < 1.29 is 4.92 Å². The van der Waals surface area contributed by atoms with Crippen molar-refractivity contribution in [2.45, 2.75) is 26.2 Å². The Kier molecular flexibility index (Phi) is 3.09. The molecule has 3 heteroatoms. The van der Waals surface area contributed by atoms with Crippen LogP contribution in [0.2, 0.25) is 0 Å². The Bertz CT molecular complexity index is 497. The second-order valence-corrected chi connectivity index (χ2v) is 4.52. The van der Waals surface area contributed by atoms with Crippen molar-refractivity contribution in [3.8, 4) is 0 Å². The van der Waals surface area contributed by atoms with Crippen LogP contribution in [0.25, 0.3) is 5.57 Å². The minimum atomic E-state index is -0.367. The van der Waals surface area contributed by atoms with Crippen molar-refractivity contribution in [1.29, 1.82) is 0 Å². The zero-order valence-corrected chi connectivity index (χ0v) is 9.90. The van der Waals surface area contributed by atoms with E-state index in [1.54, 1.807) is 12.1 Å². The first-order valence-electron chi connectivity index (χ1n) is 5.68. The third-order valence-corrected chi connectivity index (χ3v) is 3.05. The van der Waals surface area contributed by atoms with Gasteiger partial charge in [0, 0.05) is 12.1 Å². The summed E-state index contributed by atoms with van der Waals surface area (Å²) < 4.78 is 0. The topological polar surface area (TPSA) is 43.1 Å². The molecule has 1 aliphatic carbocycles. The zero-order chi connectivity index (χ0) is 12.4. The van der Waals surface area contributed by atoms with Gasteiger partial charge in [0.15, 0.2) is 0 Å². The lowest BCUT2D eigenvalue weighted by Crippen LogP contribution is -2.04. The van der Waals surface area contributed by atoms with Crippen LogP contribution in [-0.2, 0) is 0 Å². The van der Waals surface area contributed by atoms with Crippen molar-refractivity contribution in [3.05, 3.63) is 57.7 Å². The summed E-state index contributed by atoms with van der Waals surface area (Å²) in [6.45, 7) is 5.95. The Morgan fingerprint density at radius 3 is 2.41 bits per heavy atom. The molecule has 0 spiro atoms. The van der Waals surface area contributed by atoms with E-state index in [4.69, 9.17) is 0 Å². The molecule has 0 aromatic heterocycles. The Labute approximate surface area is 101 Å². The third-order valence-electron chi connectivity index (χ3n) is 3.05. The summed E-state index contributed by atoms with van der Waals surface area (Å²) in [7, 11) is 0.